The van der Waals surface area contributed by atoms with Crippen molar-refractivity contribution in [3.05, 3.63) is 28.6 Å². The van der Waals surface area contributed by atoms with Crippen LogP contribution in [-0.4, -0.2) is 23.5 Å². The number of aryl methyl sites for hydroxylation is 1. The lowest BCUT2D eigenvalue weighted by atomic mass is 10.1. The summed E-state index contributed by atoms with van der Waals surface area (Å²) in [5.41, 5.74) is 7.87. The average molecular weight is 308 g/mol. The average Bonchev–Trinajstić information content (AvgIpc) is 2.74. The molecule has 1 aromatic carbocycles. The van der Waals surface area contributed by atoms with E-state index in [1.54, 1.807) is 11.8 Å². The van der Waals surface area contributed by atoms with Gasteiger partial charge in [0.1, 0.15) is 4.88 Å². The van der Waals surface area contributed by atoms with Gasteiger partial charge in [0.05, 0.1) is 5.69 Å². The van der Waals surface area contributed by atoms with E-state index in [4.69, 9.17) is 5.73 Å². The van der Waals surface area contributed by atoms with Crippen molar-refractivity contribution in [2.24, 2.45) is 0 Å². The van der Waals surface area contributed by atoms with Crippen LogP contribution >= 0.6 is 23.1 Å². The minimum absolute atomic E-state index is 0.0255. The molecule has 1 aromatic heterocycles. The maximum atomic E-state index is 12.3. The van der Waals surface area contributed by atoms with Gasteiger partial charge in [-0.3, -0.25) is 4.79 Å². The molecule has 0 radical (unpaired) electrons. The van der Waals surface area contributed by atoms with Crippen LogP contribution in [0.4, 0.5) is 5.69 Å². The molecule has 0 fully saturated rings. The van der Waals surface area contributed by atoms with Gasteiger partial charge in [0.15, 0.2) is 0 Å². The standard InChI is InChI=1S/C15H20N2OS2/c1-9-5-6-11-10(7-9)12(16)13(20-11)14(18)17-8-15(2,3)19-4/h5-7H,8,16H2,1-4H3,(H,17,18). The number of nitrogens with one attached hydrogen (secondary N) is 1. The van der Waals surface area contributed by atoms with E-state index >= 15 is 0 Å². The van der Waals surface area contributed by atoms with Crippen molar-refractivity contribution >= 4 is 44.8 Å². The van der Waals surface area contributed by atoms with Gasteiger partial charge in [-0.1, -0.05) is 11.6 Å². The first-order chi connectivity index (χ1) is 9.34. The van der Waals surface area contributed by atoms with Crippen LogP contribution in [0, 0.1) is 6.92 Å². The summed E-state index contributed by atoms with van der Waals surface area (Å²) in [6.07, 6.45) is 2.04. The predicted molar refractivity (Wildman–Crippen MR) is 90.9 cm³/mol. The van der Waals surface area contributed by atoms with E-state index in [9.17, 15) is 4.79 Å². The summed E-state index contributed by atoms with van der Waals surface area (Å²) in [4.78, 5) is 12.9. The molecule has 3 nitrogen and oxygen atoms in total. The van der Waals surface area contributed by atoms with Crippen LogP contribution < -0.4 is 11.1 Å². The van der Waals surface area contributed by atoms with E-state index in [-0.39, 0.29) is 10.7 Å². The molecule has 0 spiro atoms. The van der Waals surface area contributed by atoms with Gasteiger partial charge in [0.25, 0.3) is 5.91 Å². The Morgan fingerprint density at radius 3 is 2.80 bits per heavy atom. The zero-order valence-electron chi connectivity index (χ0n) is 12.2. The number of amides is 1. The van der Waals surface area contributed by atoms with Gasteiger partial charge in [-0.25, -0.2) is 0 Å². The monoisotopic (exact) mass is 308 g/mol. The van der Waals surface area contributed by atoms with E-state index in [0.29, 0.717) is 17.1 Å². The number of benzene rings is 1. The number of thioether (sulfide) groups is 1. The lowest BCUT2D eigenvalue weighted by Gasteiger charge is -2.22. The van der Waals surface area contributed by atoms with Crippen LogP contribution in [0.2, 0.25) is 0 Å². The third-order valence-electron chi connectivity index (χ3n) is 3.32. The smallest absolute Gasteiger partial charge is 0.263 e. The summed E-state index contributed by atoms with van der Waals surface area (Å²) in [6.45, 7) is 6.86. The van der Waals surface area contributed by atoms with Crippen molar-refractivity contribution in [3.8, 4) is 0 Å². The minimum atomic E-state index is -0.0801. The molecule has 2 rings (SSSR count). The zero-order chi connectivity index (χ0) is 14.9. The third kappa shape index (κ3) is 3.10. The maximum absolute atomic E-state index is 12.3. The molecular weight excluding hydrogens is 288 g/mol. The van der Waals surface area contributed by atoms with Gasteiger partial charge in [0, 0.05) is 21.4 Å². The number of anilines is 1. The molecule has 0 unspecified atom stereocenters. The highest BCUT2D eigenvalue weighted by Gasteiger charge is 2.20. The van der Waals surface area contributed by atoms with Gasteiger partial charge >= 0.3 is 0 Å². The molecule has 0 aliphatic carbocycles. The summed E-state index contributed by atoms with van der Waals surface area (Å²) in [5, 5.41) is 3.95. The van der Waals surface area contributed by atoms with Crippen LogP contribution in [0.15, 0.2) is 18.2 Å². The lowest BCUT2D eigenvalue weighted by Crippen LogP contribution is -2.35. The van der Waals surface area contributed by atoms with E-state index in [1.807, 2.05) is 31.4 Å². The fourth-order valence-electron chi connectivity index (χ4n) is 1.84. The fraction of sp³-hybridized carbons (Fsp3) is 0.400. The molecule has 1 heterocycles. The Kier molecular flexibility index (Phi) is 4.30. The molecule has 0 aliphatic rings. The van der Waals surface area contributed by atoms with Gasteiger partial charge in [-0.2, -0.15) is 11.8 Å². The highest BCUT2D eigenvalue weighted by Crippen LogP contribution is 2.34. The predicted octanol–water partition coefficient (Wildman–Crippen LogP) is 3.66. The normalized spacial score (nSPS) is 11.8. The molecule has 3 N–H and O–H groups in total. The summed E-state index contributed by atoms with van der Waals surface area (Å²) in [7, 11) is 0. The van der Waals surface area contributed by atoms with Crippen molar-refractivity contribution < 1.29 is 4.79 Å². The van der Waals surface area contributed by atoms with Gasteiger partial charge in [0.2, 0.25) is 0 Å². The van der Waals surface area contributed by atoms with Crippen LogP contribution in [-0.2, 0) is 0 Å². The molecule has 108 valence electrons. The van der Waals surface area contributed by atoms with Crippen molar-refractivity contribution in [1.29, 1.82) is 0 Å². The maximum Gasteiger partial charge on any atom is 0.263 e. The number of nitrogens with two attached hydrogens (primary N) is 1. The van der Waals surface area contributed by atoms with Gasteiger partial charge < -0.3 is 11.1 Å². The van der Waals surface area contributed by atoms with E-state index in [1.165, 1.54) is 11.3 Å². The Labute approximate surface area is 127 Å². The number of thiophene rings is 1. The van der Waals surface area contributed by atoms with E-state index in [2.05, 4.69) is 19.2 Å². The first-order valence-electron chi connectivity index (χ1n) is 6.46. The number of hydrogen-bond acceptors (Lipinski definition) is 4. The van der Waals surface area contributed by atoms with Crippen LogP contribution in [0.5, 0.6) is 0 Å². The molecule has 5 heteroatoms. The number of fused-ring (bicyclic) bond motifs is 1. The van der Waals surface area contributed by atoms with Gasteiger partial charge in [-0.05, 0) is 39.2 Å². The highest BCUT2D eigenvalue weighted by atomic mass is 32.2. The quantitative estimate of drug-likeness (QED) is 0.906. The fourth-order valence-corrected chi connectivity index (χ4v) is 3.08. The molecular formula is C15H20N2OS2. The van der Waals surface area contributed by atoms with Crippen LogP contribution in [0.25, 0.3) is 10.1 Å². The molecule has 0 saturated heterocycles. The molecule has 0 atom stereocenters. The second-order valence-electron chi connectivity index (χ2n) is 5.49. The van der Waals surface area contributed by atoms with Crippen LogP contribution in [0.1, 0.15) is 29.1 Å². The van der Waals surface area contributed by atoms with Crippen molar-refractivity contribution in [1.82, 2.24) is 5.32 Å². The summed E-state index contributed by atoms with van der Waals surface area (Å²) in [5.74, 6) is -0.0801. The summed E-state index contributed by atoms with van der Waals surface area (Å²) in [6, 6.07) is 6.09. The zero-order valence-corrected chi connectivity index (χ0v) is 13.9. The van der Waals surface area contributed by atoms with Crippen molar-refractivity contribution in [3.63, 3.8) is 0 Å². The first kappa shape index (κ1) is 15.2. The number of nitrogen functional groups attached to an aromatic ring is 1. The SMILES string of the molecule is CSC(C)(C)CNC(=O)c1sc2ccc(C)cc2c1N. The Bertz CT molecular complexity index is 647. The van der Waals surface area contributed by atoms with E-state index in [0.717, 1.165) is 15.6 Å². The molecule has 2 aromatic rings. The largest absolute Gasteiger partial charge is 0.397 e. The van der Waals surface area contributed by atoms with E-state index < -0.39 is 0 Å². The molecule has 20 heavy (non-hydrogen) atoms. The van der Waals surface area contributed by atoms with Crippen molar-refractivity contribution in [2.75, 3.05) is 18.5 Å². The number of rotatable bonds is 4. The first-order valence-corrected chi connectivity index (χ1v) is 8.50. The molecule has 0 saturated carbocycles. The summed E-state index contributed by atoms with van der Waals surface area (Å²) >= 11 is 3.19. The molecule has 0 bridgehead atoms. The van der Waals surface area contributed by atoms with Crippen LogP contribution in [0.3, 0.4) is 0 Å². The number of hydrogen-bond donors (Lipinski definition) is 2. The Morgan fingerprint density at radius 2 is 2.15 bits per heavy atom. The second kappa shape index (κ2) is 5.66. The third-order valence-corrected chi connectivity index (χ3v) is 5.75. The second-order valence-corrected chi connectivity index (χ2v) is 8.06. The van der Waals surface area contributed by atoms with Gasteiger partial charge in [-0.15, -0.1) is 11.3 Å². The Balaban J connectivity index is 2.25. The highest BCUT2D eigenvalue weighted by molar-refractivity contribution is 7.99. The lowest BCUT2D eigenvalue weighted by molar-refractivity contribution is 0.0955. The Hall–Kier alpha value is -1.20. The van der Waals surface area contributed by atoms with Crippen molar-refractivity contribution in [2.45, 2.75) is 25.5 Å². The molecule has 0 aliphatic heterocycles. The number of carbonyl (C=O) groups excluding carboxylic acids is 1. The topological polar surface area (TPSA) is 55.1 Å². The summed E-state index contributed by atoms with van der Waals surface area (Å²) < 4.78 is 1.08. The minimum Gasteiger partial charge on any atom is -0.397 e. The Morgan fingerprint density at radius 1 is 1.45 bits per heavy atom. The number of carbonyl (C=O) groups is 1. The molecule has 1 amide bonds.